The average molecular weight is 231 g/mol. The van der Waals surface area contributed by atoms with E-state index >= 15 is 0 Å². The summed E-state index contributed by atoms with van der Waals surface area (Å²) in [6.07, 6.45) is 7.80. The van der Waals surface area contributed by atoms with Crippen molar-refractivity contribution in [2.45, 2.75) is 38.5 Å². The summed E-state index contributed by atoms with van der Waals surface area (Å²) >= 11 is 0. The third kappa shape index (κ3) is 2.04. The van der Waals surface area contributed by atoms with Gasteiger partial charge in [-0.05, 0) is 32.1 Å². The number of carbonyl (C=O) groups is 1. The summed E-state index contributed by atoms with van der Waals surface area (Å²) in [7, 11) is 0. The first kappa shape index (κ1) is 10.7. The fourth-order valence-corrected chi connectivity index (χ4v) is 2.61. The number of ketones is 1. The van der Waals surface area contributed by atoms with Crippen LogP contribution in [0.1, 0.15) is 48.2 Å². The molecule has 1 aromatic heterocycles. The molecule has 3 rings (SSSR count). The lowest BCUT2D eigenvalue weighted by atomic mass is 10.1. The summed E-state index contributed by atoms with van der Waals surface area (Å²) in [5.74, 6) is 1.03. The van der Waals surface area contributed by atoms with E-state index in [4.69, 9.17) is 0 Å². The van der Waals surface area contributed by atoms with Crippen molar-refractivity contribution >= 4 is 11.7 Å². The lowest BCUT2D eigenvalue weighted by molar-refractivity contribution is 0.0981. The predicted molar refractivity (Wildman–Crippen MR) is 65.4 cm³/mol. The molecule has 1 aliphatic carbocycles. The zero-order chi connectivity index (χ0) is 11.7. The molecule has 0 amide bonds. The summed E-state index contributed by atoms with van der Waals surface area (Å²) in [6.45, 7) is 2.10. The van der Waals surface area contributed by atoms with Crippen LogP contribution < -0.4 is 4.90 Å². The Kier molecular flexibility index (Phi) is 2.79. The van der Waals surface area contributed by atoms with Gasteiger partial charge in [-0.3, -0.25) is 4.79 Å². The van der Waals surface area contributed by atoms with Crippen molar-refractivity contribution in [3.63, 3.8) is 0 Å². The minimum atomic E-state index is 0.213. The van der Waals surface area contributed by atoms with Crippen molar-refractivity contribution in [3.8, 4) is 0 Å². The highest BCUT2D eigenvalue weighted by Gasteiger charge is 2.20. The second-order valence-electron chi connectivity index (χ2n) is 4.85. The van der Waals surface area contributed by atoms with Gasteiger partial charge in [-0.2, -0.15) is 0 Å². The number of rotatable bonds is 1. The lowest BCUT2D eigenvalue weighted by Crippen LogP contribution is -2.21. The number of Topliss-reactive ketones (excluding diaryl/α,β-unsaturated/α-hetero) is 1. The molecule has 1 saturated heterocycles. The van der Waals surface area contributed by atoms with Crippen molar-refractivity contribution in [2.24, 2.45) is 0 Å². The van der Waals surface area contributed by atoms with Gasteiger partial charge in [0.15, 0.2) is 5.78 Å². The van der Waals surface area contributed by atoms with Gasteiger partial charge in [0, 0.05) is 25.7 Å². The number of hydrogen-bond donors (Lipinski definition) is 0. The number of aromatic nitrogens is 2. The third-order valence-corrected chi connectivity index (χ3v) is 3.61. The van der Waals surface area contributed by atoms with E-state index in [0.717, 1.165) is 49.6 Å². The van der Waals surface area contributed by atoms with Gasteiger partial charge in [0.25, 0.3) is 0 Å². The maximum atomic E-state index is 11.8. The number of aryl methyl sites for hydroxylation is 1. The molecular formula is C13H17N3O. The van der Waals surface area contributed by atoms with Crippen LogP contribution >= 0.6 is 0 Å². The molecule has 2 aliphatic rings. The first-order valence-electron chi connectivity index (χ1n) is 6.48. The molecule has 4 heteroatoms. The van der Waals surface area contributed by atoms with Gasteiger partial charge in [-0.1, -0.05) is 0 Å². The maximum absolute atomic E-state index is 11.8. The normalized spacial score (nSPS) is 20.2. The van der Waals surface area contributed by atoms with Gasteiger partial charge in [-0.25, -0.2) is 9.97 Å². The second-order valence-corrected chi connectivity index (χ2v) is 4.85. The van der Waals surface area contributed by atoms with Gasteiger partial charge in [0.2, 0.25) is 5.95 Å². The fourth-order valence-electron chi connectivity index (χ4n) is 2.61. The molecule has 4 nitrogen and oxygen atoms in total. The molecule has 0 saturated carbocycles. The van der Waals surface area contributed by atoms with E-state index in [9.17, 15) is 4.79 Å². The first-order chi connectivity index (χ1) is 8.34. The van der Waals surface area contributed by atoms with E-state index in [1.54, 1.807) is 6.20 Å². The zero-order valence-electron chi connectivity index (χ0n) is 9.98. The van der Waals surface area contributed by atoms with Crippen LogP contribution in [0.25, 0.3) is 0 Å². The van der Waals surface area contributed by atoms with Crippen LogP contribution in [0, 0.1) is 0 Å². The Morgan fingerprint density at radius 1 is 1.06 bits per heavy atom. The molecule has 0 N–H and O–H groups in total. The summed E-state index contributed by atoms with van der Waals surface area (Å²) < 4.78 is 0. The van der Waals surface area contributed by atoms with Crippen molar-refractivity contribution in [1.82, 2.24) is 9.97 Å². The van der Waals surface area contributed by atoms with E-state index in [2.05, 4.69) is 14.9 Å². The van der Waals surface area contributed by atoms with E-state index < -0.39 is 0 Å². The number of hydrogen-bond acceptors (Lipinski definition) is 4. The SMILES string of the molecule is O=C1CCCCc2nc(N3CCCC3)ncc21. The van der Waals surface area contributed by atoms with E-state index in [-0.39, 0.29) is 5.78 Å². The molecule has 1 aliphatic heterocycles. The average Bonchev–Trinajstić information content (AvgIpc) is 2.82. The lowest BCUT2D eigenvalue weighted by Gasteiger charge is -2.16. The Hall–Kier alpha value is -1.45. The van der Waals surface area contributed by atoms with Gasteiger partial charge < -0.3 is 4.90 Å². The van der Waals surface area contributed by atoms with Crippen LogP contribution in [0.3, 0.4) is 0 Å². The van der Waals surface area contributed by atoms with E-state index in [0.29, 0.717) is 6.42 Å². The topological polar surface area (TPSA) is 46.1 Å². The van der Waals surface area contributed by atoms with Gasteiger partial charge in [0.05, 0.1) is 11.3 Å². The highest BCUT2D eigenvalue weighted by Crippen LogP contribution is 2.22. The van der Waals surface area contributed by atoms with Crippen molar-refractivity contribution in [2.75, 3.05) is 18.0 Å². The molecule has 0 aromatic carbocycles. The first-order valence-corrected chi connectivity index (χ1v) is 6.48. The molecule has 0 spiro atoms. The molecule has 0 radical (unpaired) electrons. The molecule has 1 fully saturated rings. The molecule has 0 bridgehead atoms. The molecular weight excluding hydrogens is 214 g/mol. The Bertz CT molecular complexity index is 438. The van der Waals surface area contributed by atoms with E-state index in [1.807, 2.05) is 0 Å². The monoisotopic (exact) mass is 231 g/mol. The largest absolute Gasteiger partial charge is 0.341 e. The maximum Gasteiger partial charge on any atom is 0.225 e. The molecule has 90 valence electrons. The number of fused-ring (bicyclic) bond motifs is 1. The van der Waals surface area contributed by atoms with Gasteiger partial charge in [0.1, 0.15) is 0 Å². The van der Waals surface area contributed by atoms with E-state index in [1.165, 1.54) is 12.8 Å². The third-order valence-electron chi connectivity index (χ3n) is 3.61. The summed E-state index contributed by atoms with van der Waals surface area (Å²) in [6, 6.07) is 0. The standard InChI is InChI=1S/C13H17N3O/c17-12-6-2-1-5-11-10(12)9-14-13(15-11)16-7-3-4-8-16/h9H,1-8H2. The molecule has 17 heavy (non-hydrogen) atoms. The van der Waals surface area contributed by atoms with Gasteiger partial charge >= 0.3 is 0 Å². The summed E-state index contributed by atoms with van der Waals surface area (Å²) in [5, 5.41) is 0. The minimum absolute atomic E-state index is 0.213. The number of carbonyl (C=O) groups excluding carboxylic acids is 1. The Morgan fingerprint density at radius 3 is 2.65 bits per heavy atom. The molecule has 0 unspecified atom stereocenters. The van der Waals surface area contributed by atoms with Crippen molar-refractivity contribution in [1.29, 1.82) is 0 Å². The Balaban J connectivity index is 1.94. The smallest absolute Gasteiger partial charge is 0.225 e. The van der Waals surface area contributed by atoms with Crippen molar-refractivity contribution < 1.29 is 4.79 Å². The molecule has 0 atom stereocenters. The number of nitrogens with zero attached hydrogens (tertiary/aromatic N) is 3. The molecule has 2 heterocycles. The summed E-state index contributed by atoms with van der Waals surface area (Å²) in [4.78, 5) is 23.0. The highest BCUT2D eigenvalue weighted by molar-refractivity contribution is 5.97. The van der Waals surface area contributed by atoms with Crippen LogP contribution in [0.2, 0.25) is 0 Å². The van der Waals surface area contributed by atoms with Crippen LogP contribution in [-0.2, 0) is 6.42 Å². The minimum Gasteiger partial charge on any atom is -0.341 e. The highest BCUT2D eigenvalue weighted by atomic mass is 16.1. The van der Waals surface area contributed by atoms with Crippen LogP contribution in [0.5, 0.6) is 0 Å². The Morgan fingerprint density at radius 2 is 1.82 bits per heavy atom. The zero-order valence-corrected chi connectivity index (χ0v) is 9.98. The van der Waals surface area contributed by atoms with Crippen LogP contribution in [0.15, 0.2) is 6.20 Å². The van der Waals surface area contributed by atoms with Crippen LogP contribution in [0.4, 0.5) is 5.95 Å². The number of anilines is 1. The molecule has 1 aromatic rings. The van der Waals surface area contributed by atoms with Gasteiger partial charge in [-0.15, -0.1) is 0 Å². The fraction of sp³-hybridized carbons (Fsp3) is 0.615. The second kappa shape index (κ2) is 4.43. The Labute approximate surface area is 101 Å². The summed E-state index contributed by atoms with van der Waals surface area (Å²) in [5.41, 5.74) is 1.72. The predicted octanol–water partition coefficient (Wildman–Crippen LogP) is 1.99. The van der Waals surface area contributed by atoms with Crippen LogP contribution in [-0.4, -0.2) is 28.8 Å². The quantitative estimate of drug-likeness (QED) is 0.693. The van der Waals surface area contributed by atoms with Crippen molar-refractivity contribution in [3.05, 3.63) is 17.5 Å².